The number of nitrogens with zero attached hydrogens (tertiary/aromatic N) is 1. The van der Waals surface area contributed by atoms with Crippen LogP contribution < -0.4 is 0 Å². The number of carbonyl (C=O) groups excluding carboxylic acids is 1. The van der Waals surface area contributed by atoms with E-state index >= 15 is 0 Å². The lowest BCUT2D eigenvalue weighted by Crippen LogP contribution is -2.16. The van der Waals surface area contributed by atoms with Gasteiger partial charge < -0.3 is 4.74 Å². The zero-order valence-corrected chi connectivity index (χ0v) is 16.3. The smallest absolute Gasteiger partial charge is 0.340 e. The fourth-order valence-corrected chi connectivity index (χ4v) is 4.78. The van der Waals surface area contributed by atoms with Crippen LogP contribution in [0.1, 0.15) is 21.6 Å². The molecule has 0 atom stereocenters. The molecule has 3 aromatic rings. The average Bonchev–Trinajstić information content (AvgIpc) is 2.93. The molecule has 0 amide bonds. The lowest BCUT2D eigenvalue weighted by atomic mass is 10.1. The number of methoxy groups -OCH3 is 1. The number of esters is 1. The van der Waals surface area contributed by atoms with Gasteiger partial charge in [0.2, 0.25) is 0 Å². The molecule has 2 aromatic carbocycles. The first-order chi connectivity index (χ1) is 11.8. The Labute approximate surface area is 154 Å². The van der Waals surface area contributed by atoms with Gasteiger partial charge in [-0.05, 0) is 44.2 Å². The second-order valence-electron chi connectivity index (χ2n) is 5.72. The molecule has 25 heavy (non-hydrogen) atoms. The molecule has 7 heteroatoms. The average molecular weight is 422 g/mol. The Morgan fingerprint density at radius 3 is 2.32 bits per heavy atom. The Kier molecular flexibility index (Phi) is 4.47. The summed E-state index contributed by atoms with van der Waals surface area (Å²) >= 11 is 3.42. The SMILES string of the molecule is COC(=O)c1ccc(Br)c2cc(C)n(S(=O)(=O)c3ccc(C)cc3)c12. The zero-order valence-electron chi connectivity index (χ0n) is 13.9. The van der Waals surface area contributed by atoms with Crippen LogP contribution in [0, 0.1) is 13.8 Å². The normalized spacial score (nSPS) is 11.7. The predicted molar refractivity (Wildman–Crippen MR) is 99.5 cm³/mol. The lowest BCUT2D eigenvalue weighted by Gasteiger charge is -2.12. The maximum Gasteiger partial charge on any atom is 0.340 e. The van der Waals surface area contributed by atoms with Gasteiger partial charge in [0.25, 0.3) is 10.0 Å². The highest BCUT2D eigenvalue weighted by molar-refractivity contribution is 9.10. The molecule has 0 saturated carbocycles. The molecular formula is C18H16BrNO4S. The molecule has 0 aliphatic rings. The van der Waals surface area contributed by atoms with E-state index in [-0.39, 0.29) is 10.5 Å². The molecular weight excluding hydrogens is 406 g/mol. The van der Waals surface area contributed by atoms with E-state index in [1.807, 2.05) is 6.92 Å². The first-order valence-corrected chi connectivity index (χ1v) is 9.72. The summed E-state index contributed by atoms with van der Waals surface area (Å²) in [6.45, 7) is 3.58. The van der Waals surface area contributed by atoms with Crippen LogP contribution in [0.5, 0.6) is 0 Å². The van der Waals surface area contributed by atoms with Crippen molar-refractivity contribution >= 4 is 42.8 Å². The van der Waals surface area contributed by atoms with E-state index in [0.29, 0.717) is 21.1 Å². The molecule has 0 fully saturated rings. The molecule has 0 aliphatic heterocycles. The van der Waals surface area contributed by atoms with E-state index in [9.17, 15) is 13.2 Å². The molecule has 5 nitrogen and oxygen atoms in total. The largest absolute Gasteiger partial charge is 0.465 e. The molecule has 0 spiro atoms. The summed E-state index contributed by atoms with van der Waals surface area (Å²) in [6.07, 6.45) is 0. The second-order valence-corrected chi connectivity index (χ2v) is 8.36. The topological polar surface area (TPSA) is 65.4 Å². The molecule has 1 aromatic heterocycles. The minimum absolute atomic E-state index is 0.162. The van der Waals surface area contributed by atoms with Crippen molar-refractivity contribution in [3.63, 3.8) is 0 Å². The quantitative estimate of drug-likeness (QED) is 0.598. The Balaban J connectivity index is 2.40. The van der Waals surface area contributed by atoms with Crippen LogP contribution in [-0.2, 0) is 14.8 Å². The van der Waals surface area contributed by atoms with Crippen LogP contribution in [0.2, 0.25) is 0 Å². The van der Waals surface area contributed by atoms with Gasteiger partial charge in [0, 0.05) is 15.6 Å². The van der Waals surface area contributed by atoms with E-state index < -0.39 is 16.0 Å². The molecule has 3 rings (SSSR count). The van der Waals surface area contributed by atoms with Gasteiger partial charge in [-0.25, -0.2) is 17.2 Å². The van der Waals surface area contributed by atoms with Gasteiger partial charge in [-0.1, -0.05) is 33.6 Å². The van der Waals surface area contributed by atoms with E-state index in [0.717, 1.165) is 5.56 Å². The fourth-order valence-electron chi connectivity index (χ4n) is 2.78. The molecule has 0 radical (unpaired) electrons. The van der Waals surface area contributed by atoms with Crippen LogP contribution in [-0.4, -0.2) is 25.5 Å². The van der Waals surface area contributed by atoms with Crippen LogP contribution in [0.25, 0.3) is 10.9 Å². The molecule has 0 N–H and O–H groups in total. The standard InChI is InChI=1S/C18H16BrNO4S/c1-11-4-6-13(7-5-11)25(22,23)20-12(2)10-15-16(19)9-8-14(17(15)20)18(21)24-3/h4-10H,1-3H3. The summed E-state index contributed by atoms with van der Waals surface area (Å²) in [4.78, 5) is 12.3. The minimum Gasteiger partial charge on any atom is -0.465 e. The van der Waals surface area contributed by atoms with Crippen molar-refractivity contribution in [1.82, 2.24) is 3.97 Å². The van der Waals surface area contributed by atoms with Gasteiger partial charge in [-0.2, -0.15) is 0 Å². The third-order valence-corrected chi connectivity index (χ3v) is 6.52. The van der Waals surface area contributed by atoms with E-state index in [2.05, 4.69) is 15.9 Å². The van der Waals surface area contributed by atoms with Gasteiger partial charge in [-0.15, -0.1) is 0 Å². The summed E-state index contributed by atoms with van der Waals surface area (Å²) in [6, 6.07) is 11.6. The fraction of sp³-hybridized carbons (Fsp3) is 0.167. The summed E-state index contributed by atoms with van der Waals surface area (Å²) in [5.41, 5.74) is 1.97. The number of carbonyl (C=O) groups is 1. The van der Waals surface area contributed by atoms with Crippen molar-refractivity contribution in [2.75, 3.05) is 7.11 Å². The van der Waals surface area contributed by atoms with Gasteiger partial charge in [0.1, 0.15) is 0 Å². The number of ether oxygens (including phenoxy) is 1. The Bertz CT molecular complexity index is 1080. The van der Waals surface area contributed by atoms with Crippen LogP contribution >= 0.6 is 15.9 Å². The lowest BCUT2D eigenvalue weighted by molar-refractivity contribution is 0.0602. The van der Waals surface area contributed by atoms with Gasteiger partial charge in [-0.3, -0.25) is 0 Å². The van der Waals surface area contributed by atoms with Crippen molar-refractivity contribution in [2.45, 2.75) is 18.7 Å². The third kappa shape index (κ3) is 2.87. The molecule has 130 valence electrons. The minimum atomic E-state index is -3.86. The van der Waals surface area contributed by atoms with Crippen molar-refractivity contribution in [2.24, 2.45) is 0 Å². The summed E-state index contributed by atoms with van der Waals surface area (Å²) in [5.74, 6) is -0.587. The van der Waals surface area contributed by atoms with E-state index in [4.69, 9.17) is 4.74 Å². The van der Waals surface area contributed by atoms with Gasteiger partial charge in [0.15, 0.2) is 0 Å². The number of halogens is 1. The van der Waals surface area contributed by atoms with Crippen molar-refractivity contribution < 1.29 is 17.9 Å². The number of hydrogen-bond acceptors (Lipinski definition) is 4. The number of hydrogen-bond donors (Lipinski definition) is 0. The third-order valence-electron chi connectivity index (χ3n) is 4.01. The first kappa shape index (κ1) is 17.7. The summed E-state index contributed by atoms with van der Waals surface area (Å²) < 4.78 is 33.1. The van der Waals surface area contributed by atoms with Crippen LogP contribution in [0.3, 0.4) is 0 Å². The first-order valence-electron chi connectivity index (χ1n) is 7.48. The summed E-state index contributed by atoms with van der Waals surface area (Å²) in [7, 11) is -2.59. The molecule has 0 saturated heterocycles. The number of rotatable bonds is 3. The van der Waals surface area contributed by atoms with E-state index in [1.165, 1.54) is 11.1 Å². The highest BCUT2D eigenvalue weighted by atomic mass is 79.9. The molecule has 0 unspecified atom stereocenters. The maximum absolute atomic E-state index is 13.2. The summed E-state index contributed by atoms with van der Waals surface area (Å²) in [5, 5.41) is 0.635. The maximum atomic E-state index is 13.2. The zero-order chi connectivity index (χ0) is 18.4. The molecule has 0 bridgehead atoms. The van der Waals surface area contributed by atoms with Gasteiger partial charge in [0.05, 0.1) is 23.1 Å². The second kappa shape index (κ2) is 6.31. The Morgan fingerprint density at radius 2 is 1.72 bits per heavy atom. The number of fused-ring (bicyclic) bond motifs is 1. The number of aromatic nitrogens is 1. The Hall–Kier alpha value is -2.12. The van der Waals surface area contributed by atoms with Crippen molar-refractivity contribution in [3.8, 4) is 0 Å². The van der Waals surface area contributed by atoms with Gasteiger partial charge >= 0.3 is 5.97 Å². The highest BCUT2D eigenvalue weighted by Gasteiger charge is 2.26. The monoisotopic (exact) mass is 421 g/mol. The predicted octanol–water partition coefficient (Wildman–Crippen LogP) is 4.04. The number of benzene rings is 2. The molecule has 0 aliphatic carbocycles. The molecule has 1 heterocycles. The number of aryl methyl sites for hydroxylation is 2. The van der Waals surface area contributed by atoms with Crippen LogP contribution in [0.15, 0.2) is 51.8 Å². The van der Waals surface area contributed by atoms with E-state index in [1.54, 1.807) is 49.4 Å². The van der Waals surface area contributed by atoms with Crippen molar-refractivity contribution in [1.29, 1.82) is 0 Å². The highest BCUT2D eigenvalue weighted by Crippen LogP contribution is 2.33. The van der Waals surface area contributed by atoms with Crippen LogP contribution in [0.4, 0.5) is 0 Å². The van der Waals surface area contributed by atoms with Crippen molar-refractivity contribution in [3.05, 3.63) is 63.8 Å². The Morgan fingerprint density at radius 1 is 1.08 bits per heavy atom.